The monoisotopic (exact) mass is 499 g/mol. The molecule has 4 aromatic rings. The van der Waals surface area contributed by atoms with Crippen molar-refractivity contribution < 1.29 is 12.8 Å². The van der Waals surface area contributed by atoms with E-state index < -0.39 is 10.0 Å². The van der Waals surface area contributed by atoms with Crippen molar-refractivity contribution in [1.29, 1.82) is 0 Å². The zero-order valence-corrected chi connectivity index (χ0v) is 20.5. The van der Waals surface area contributed by atoms with Crippen molar-refractivity contribution in [2.24, 2.45) is 0 Å². The summed E-state index contributed by atoms with van der Waals surface area (Å²) in [4.78, 5) is 15.0. The number of unbranched alkanes of at least 4 members (excludes halogenated alkanes) is 1. The third-order valence-electron chi connectivity index (χ3n) is 5.20. The average Bonchev–Trinajstić information content (AvgIpc) is 3.48. The molecule has 13 heteroatoms. The Kier molecular flexibility index (Phi) is 7.46. The molecule has 0 saturated heterocycles. The van der Waals surface area contributed by atoms with Crippen LogP contribution in [0.25, 0.3) is 17.4 Å². The summed E-state index contributed by atoms with van der Waals surface area (Å²) in [6.45, 7) is 1.31. The number of rotatable bonds is 12. The van der Waals surface area contributed by atoms with Gasteiger partial charge in [-0.25, -0.2) is 8.42 Å². The van der Waals surface area contributed by atoms with Gasteiger partial charge < -0.3 is 20.4 Å². The smallest absolute Gasteiger partial charge is 0.259 e. The second-order valence-corrected chi connectivity index (χ2v) is 10.1. The lowest BCUT2D eigenvalue weighted by Gasteiger charge is -2.14. The molecule has 0 aliphatic rings. The van der Waals surface area contributed by atoms with E-state index in [0.29, 0.717) is 42.6 Å². The van der Waals surface area contributed by atoms with Crippen LogP contribution < -0.4 is 15.8 Å². The van der Waals surface area contributed by atoms with Gasteiger partial charge in [-0.1, -0.05) is 18.2 Å². The number of aromatic nitrogens is 5. The van der Waals surface area contributed by atoms with Gasteiger partial charge in [-0.3, -0.25) is 4.72 Å². The molecule has 0 spiro atoms. The van der Waals surface area contributed by atoms with E-state index >= 15 is 0 Å². The highest BCUT2D eigenvalue weighted by atomic mass is 32.2. The van der Waals surface area contributed by atoms with Gasteiger partial charge in [-0.05, 0) is 63.7 Å². The standard InChI is InChI=1S/C22H29N9O3S/c1-30(2)13-5-6-15-35(32,33)29-17-9-4-3-8-16(17)11-12-24-21-26-20(23)31-22(27-21)25-19(28-31)18-10-7-14-34-18/h3-4,7-10,14,29H,5-6,11-13,15H2,1-2H3,(H3,23,24,25,26,27,28). The number of nitrogens with two attached hydrogens (primary N) is 1. The van der Waals surface area contributed by atoms with Crippen LogP contribution in [0.1, 0.15) is 18.4 Å². The van der Waals surface area contributed by atoms with Gasteiger partial charge in [0.15, 0.2) is 5.76 Å². The third kappa shape index (κ3) is 6.45. The highest BCUT2D eigenvalue weighted by Gasteiger charge is 2.15. The topological polar surface area (TPSA) is 157 Å². The van der Waals surface area contributed by atoms with Crippen LogP contribution in [-0.4, -0.2) is 70.8 Å². The molecule has 0 amide bonds. The molecular weight excluding hydrogens is 470 g/mol. The summed E-state index contributed by atoms with van der Waals surface area (Å²) in [7, 11) is 0.508. The number of hydrogen-bond acceptors (Lipinski definition) is 10. The molecular formula is C22H29N9O3S. The summed E-state index contributed by atoms with van der Waals surface area (Å²) >= 11 is 0. The van der Waals surface area contributed by atoms with Crippen molar-refractivity contribution in [3.63, 3.8) is 0 Å². The Labute approximate surface area is 203 Å². The first-order valence-corrected chi connectivity index (χ1v) is 12.9. The quantitative estimate of drug-likeness (QED) is 0.247. The molecule has 0 atom stereocenters. The summed E-state index contributed by atoms with van der Waals surface area (Å²) in [6, 6.07) is 10.8. The first-order chi connectivity index (χ1) is 16.8. The van der Waals surface area contributed by atoms with Crippen molar-refractivity contribution in [1.82, 2.24) is 29.5 Å². The number of nitrogens with one attached hydrogen (secondary N) is 2. The Morgan fingerprint density at radius 1 is 1.09 bits per heavy atom. The molecule has 186 valence electrons. The second kappa shape index (κ2) is 10.7. The summed E-state index contributed by atoms with van der Waals surface area (Å²) in [5.41, 5.74) is 7.45. The van der Waals surface area contributed by atoms with E-state index in [0.717, 1.165) is 18.5 Å². The molecule has 3 heterocycles. The normalized spacial score (nSPS) is 11.9. The molecule has 1 aromatic carbocycles. The number of nitrogen functional groups attached to an aromatic ring is 1. The van der Waals surface area contributed by atoms with Crippen molar-refractivity contribution in [3.8, 4) is 11.6 Å². The lowest BCUT2D eigenvalue weighted by Crippen LogP contribution is -2.20. The lowest BCUT2D eigenvalue weighted by atomic mass is 10.1. The van der Waals surface area contributed by atoms with E-state index in [1.807, 2.05) is 31.1 Å². The van der Waals surface area contributed by atoms with Gasteiger partial charge >= 0.3 is 0 Å². The summed E-state index contributed by atoms with van der Waals surface area (Å²) in [6.07, 6.45) is 3.50. The maximum absolute atomic E-state index is 12.5. The molecule has 0 aliphatic carbocycles. The average molecular weight is 500 g/mol. The van der Waals surface area contributed by atoms with E-state index in [4.69, 9.17) is 10.2 Å². The van der Waals surface area contributed by atoms with Crippen LogP contribution in [0.2, 0.25) is 0 Å². The molecule has 4 N–H and O–H groups in total. The molecule has 0 unspecified atom stereocenters. The number of nitrogens with zero attached hydrogens (tertiary/aromatic N) is 6. The van der Waals surface area contributed by atoms with Gasteiger partial charge in [0, 0.05) is 6.54 Å². The molecule has 12 nitrogen and oxygen atoms in total. The van der Waals surface area contributed by atoms with Gasteiger partial charge in [0.25, 0.3) is 5.78 Å². The number of furan rings is 1. The number of anilines is 3. The second-order valence-electron chi connectivity index (χ2n) is 8.30. The molecule has 4 rings (SSSR count). The lowest BCUT2D eigenvalue weighted by molar-refractivity contribution is 0.398. The zero-order valence-electron chi connectivity index (χ0n) is 19.7. The van der Waals surface area contributed by atoms with E-state index in [2.05, 4.69) is 30.1 Å². The van der Waals surface area contributed by atoms with E-state index in [1.165, 1.54) is 10.8 Å². The van der Waals surface area contributed by atoms with Crippen molar-refractivity contribution in [3.05, 3.63) is 48.2 Å². The minimum absolute atomic E-state index is 0.0822. The predicted octanol–water partition coefficient (Wildman–Crippen LogP) is 2.10. The molecule has 0 fully saturated rings. The van der Waals surface area contributed by atoms with Crippen molar-refractivity contribution in [2.75, 3.05) is 48.7 Å². The molecule has 0 bridgehead atoms. The van der Waals surface area contributed by atoms with Gasteiger partial charge in [0.1, 0.15) is 0 Å². The minimum atomic E-state index is -3.43. The van der Waals surface area contributed by atoms with Crippen LogP contribution in [0.5, 0.6) is 0 Å². The number of hydrogen-bond donors (Lipinski definition) is 3. The fourth-order valence-corrected chi connectivity index (χ4v) is 4.70. The Morgan fingerprint density at radius 3 is 2.69 bits per heavy atom. The van der Waals surface area contributed by atoms with Crippen LogP contribution in [0, 0.1) is 0 Å². The number of para-hydroxylation sites is 1. The minimum Gasteiger partial charge on any atom is -0.461 e. The highest BCUT2D eigenvalue weighted by molar-refractivity contribution is 7.92. The third-order valence-corrected chi connectivity index (χ3v) is 6.56. The Morgan fingerprint density at radius 2 is 1.91 bits per heavy atom. The number of benzene rings is 1. The predicted molar refractivity (Wildman–Crippen MR) is 135 cm³/mol. The first kappa shape index (κ1) is 24.4. The SMILES string of the molecule is CN(C)CCCCS(=O)(=O)Nc1ccccc1CCNc1nc(N)n2nc(-c3ccco3)nc2n1. The van der Waals surface area contributed by atoms with Crippen LogP contribution >= 0.6 is 0 Å². The zero-order chi connectivity index (χ0) is 24.8. The van der Waals surface area contributed by atoms with Crippen molar-refractivity contribution >= 4 is 33.4 Å². The van der Waals surface area contributed by atoms with Crippen LogP contribution in [0.3, 0.4) is 0 Å². The van der Waals surface area contributed by atoms with E-state index in [1.54, 1.807) is 24.3 Å². The molecule has 0 radical (unpaired) electrons. The van der Waals surface area contributed by atoms with E-state index in [9.17, 15) is 8.42 Å². The summed E-state index contributed by atoms with van der Waals surface area (Å²) in [5.74, 6) is 1.66. The molecule has 3 aromatic heterocycles. The van der Waals surface area contributed by atoms with Crippen LogP contribution in [0.4, 0.5) is 17.6 Å². The van der Waals surface area contributed by atoms with Gasteiger partial charge in [-0.15, -0.1) is 5.10 Å². The molecule has 0 saturated carbocycles. The van der Waals surface area contributed by atoms with Crippen LogP contribution in [-0.2, 0) is 16.4 Å². The fraction of sp³-hybridized carbons (Fsp3) is 0.364. The Hall–Kier alpha value is -3.71. The van der Waals surface area contributed by atoms with Crippen LogP contribution in [0.15, 0.2) is 47.1 Å². The molecule has 35 heavy (non-hydrogen) atoms. The summed E-state index contributed by atoms with van der Waals surface area (Å²) < 4.78 is 34.5. The maximum atomic E-state index is 12.5. The summed E-state index contributed by atoms with van der Waals surface area (Å²) in [5, 5.41) is 7.40. The first-order valence-electron chi connectivity index (χ1n) is 11.2. The largest absolute Gasteiger partial charge is 0.461 e. The molecule has 0 aliphatic heterocycles. The van der Waals surface area contributed by atoms with Gasteiger partial charge in [0.2, 0.25) is 27.7 Å². The Bertz CT molecular complexity index is 1370. The van der Waals surface area contributed by atoms with Crippen molar-refractivity contribution in [2.45, 2.75) is 19.3 Å². The van der Waals surface area contributed by atoms with E-state index in [-0.39, 0.29) is 17.5 Å². The number of fused-ring (bicyclic) bond motifs is 1. The highest BCUT2D eigenvalue weighted by Crippen LogP contribution is 2.19. The number of sulfonamides is 1. The maximum Gasteiger partial charge on any atom is 0.259 e. The Balaban J connectivity index is 1.38. The van der Waals surface area contributed by atoms with Gasteiger partial charge in [-0.2, -0.15) is 19.5 Å². The van der Waals surface area contributed by atoms with Gasteiger partial charge in [0.05, 0.1) is 17.7 Å². The fourth-order valence-electron chi connectivity index (χ4n) is 3.48.